The van der Waals surface area contributed by atoms with Crippen LogP contribution in [0.5, 0.6) is 5.75 Å². The van der Waals surface area contributed by atoms with E-state index in [4.69, 9.17) is 0 Å². The van der Waals surface area contributed by atoms with Gasteiger partial charge in [0.2, 0.25) is 5.43 Å². The Kier molecular flexibility index (Phi) is 5.71. The van der Waals surface area contributed by atoms with Crippen molar-refractivity contribution in [3.8, 4) is 5.75 Å². The highest BCUT2D eigenvalue weighted by Crippen LogP contribution is 2.37. The molecule has 2 amide bonds. The molecule has 2 aliphatic rings. The summed E-state index contributed by atoms with van der Waals surface area (Å²) in [5, 5.41) is 21.8. The van der Waals surface area contributed by atoms with E-state index in [0.29, 0.717) is 18.2 Å². The Labute approximate surface area is 179 Å². The topological polar surface area (TPSA) is 112 Å². The highest BCUT2D eigenvalue weighted by molar-refractivity contribution is 8.00. The van der Waals surface area contributed by atoms with Gasteiger partial charge in [-0.15, -0.1) is 11.8 Å². The predicted octanol–water partition coefficient (Wildman–Crippen LogP) is 1.04. The minimum absolute atomic E-state index is 0.0279. The Balaban J connectivity index is 1.60. The van der Waals surface area contributed by atoms with E-state index in [1.807, 2.05) is 0 Å². The number of halogens is 2. The summed E-state index contributed by atoms with van der Waals surface area (Å²) in [7, 11) is 0. The Morgan fingerprint density at radius 2 is 2.06 bits per heavy atom. The second kappa shape index (κ2) is 8.31. The third kappa shape index (κ3) is 3.79. The van der Waals surface area contributed by atoms with Crippen molar-refractivity contribution in [2.45, 2.75) is 30.9 Å². The van der Waals surface area contributed by atoms with Crippen LogP contribution in [0.4, 0.5) is 8.78 Å². The van der Waals surface area contributed by atoms with Crippen LogP contribution in [-0.4, -0.2) is 55.3 Å². The molecule has 11 heteroatoms. The molecule has 4 rings (SSSR count). The molecule has 0 saturated carbocycles. The van der Waals surface area contributed by atoms with Crippen molar-refractivity contribution in [2.75, 3.05) is 12.4 Å². The average Bonchev–Trinajstić information content (AvgIpc) is 3.13. The number of aromatic nitrogens is 1. The summed E-state index contributed by atoms with van der Waals surface area (Å²) in [4.78, 5) is 39.6. The number of fused-ring (bicyclic) bond motifs is 2. The largest absolute Gasteiger partial charge is 0.503 e. The molecule has 2 atom stereocenters. The number of amides is 2. The number of nitrogens with one attached hydrogen (secondary N) is 1. The molecule has 8 nitrogen and oxygen atoms in total. The van der Waals surface area contributed by atoms with Gasteiger partial charge in [-0.05, 0) is 12.5 Å². The molecule has 1 saturated heterocycles. The van der Waals surface area contributed by atoms with E-state index in [9.17, 15) is 33.4 Å². The van der Waals surface area contributed by atoms with Crippen LogP contribution < -0.4 is 10.7 Å². The fraction of sp³-hybridized carbons (Fsp3) is 0.350. The second-order valence-corrected chi connectivity index (χ2v) is 8.52. The van der Waals surface area contributed by atoms with Crippen LogP contribution in [0.2, 0.25) is 0 Å². The van der Waals surface area contributed by atoms with E-state index in [2.05, 4.69) is 5.32 Å². The molecule has 1 aromatic heterocycles. The fourth-order valence-electron chi connectivity index (χ4n) is 3.83. The zero-order valence-corrected chi connectivity index (χ0v) is 17.0. The monoisotopic (exact) mass is 451 g/mol. The van der Waals surface area contributed by atoms with Gasteiger partial charge in [-0.25, -0.2) is 8.78 Å². The summed E-state index contributed by atoms with van der Waals surface area (Å²) in [5.41, 5.74) is -1.58. The van der Waals surface area contributed by atoms with Crippen molar-refractivity contribution < 1.29 is 28.6 Å². The number of nitrogens with zero attached hydrogens (tertiary/aromatic N) is 2. The lowest BCUT2D eigenvalue weighted by Gasteiger charge is -2.35. The minimum atomic E-state index is -1.01. The summed E-state index contributed by atoms with van der Waals surface area (Å²) in [5.74, 6) is -3.20. The van der Waals surface area contributed by atoms with Crippen LogP contribution in [0.3, 0.4) is 0 Å². The van der Waals surface area contributed by atoms with E-state index < -0.39 is 34.6 Å². The molecule has 2 aliphatic heterocycles. The highest BCUT2D eigenvalue weighted by Gasteiger charge is 2.43. The number of aromatic hydroxyl groups is 1. The number of benzene rings is 1. The quantitative estimate of drug-likeness (QED) is 0.627. The average molecular weight is 451 g/mol. The van der Waals surface area contributed by atoms with Gasteiger partial charge in [0.15, 0.2) is 11.4 Å². The molecule has 0 radical (unpaired) electrons. The highest BCUT2D eigenvalue weighted by atomic mass is 32.2. The Morgan fingerprint density at radius 1 is 1.29 bits per heavy atom. The van der Waals surface area contributed by atoms with Crippen molar-refractivity contribution >= 4 is 23.6 Å². The summed E-state index contributed by atoms with van der Waals surface area (Å²) in [6.45, 7) is -0.121. The third-order valence-electron chi connectivity index (χ3n) is 5.39. The van der Waals surface area contributed by atoms with Gasteiger partial charge >= 0.3 is 0 Å². The van der Waals surface area contributed by atoms with Crippen molar-refractivity contribution in [2.24, 2.45) is 0 Å². The molecular weight excluding hydrogens is 432 g/mol. The lowest BCUT2D eigenvalue weighted by Crippen LogP contribution is -2.49. The van der Waals surface area contributed by atoms with Crippen molar-refractivity contribution in [1.82, 2.24) is 14.8 Å². The van der Waals surface area contributed by atoms with E-state index in [0.717, 1.165) is 6.07 Å². The van der Waals surface area contributed by atoms with Crippen LogP contribution >= 0.6 is 11.8 Å². The number of carbonyl (C=O) groups excluding carboxylic acids is 2. The number of carbonyl (C=O) groups is 2. The smallest absolute Gasteiger partial charge is 0.275 e. The van der Waals surface area contributed by atoms with Gasteiger partial charge < -0.3 is 25.0 Å². The second-order valence-electron chi connectivity index (χ2n) is 7.31. The van der Waals surface area contributed by atoms with Crippen LogP contribution in [0.1, 0.15) is 32.8 Å². The molecule has 0 aliphatic carbocycles. The van der Waals surface area contributed by atoms with E-state index in [1.165, 1.54) is 28.6 Å². The van der Waals surface area contributed by atoms with Crippen molar-refractivity contribution in [1.29, 1.82) is 0 Å². The maximum atomic E-state index is 13.8. The third-order valence-corrected chi connectivity index (χ3v) is 6.73. The molecule has 1 aromatic carbocycles. The zero-order chi connectivity index (χ0) is 22.3. The molecule has 3 N–H and O–H groups in total. The minimum Gasteiger partial charge on any atom is -0.503 e. The maximum absolute atomic E-state index is 13.8. The predicted molar refractivity (Wildman–Crippen MR) is 108 cm³/mol. The van der Waals surface area contributed by atoms with E-state index in [1.54, 1.807) is 4.90 Å². The number of pyridine rings is 1. The van der Waals surface area contributed by atoms with Crippen molar-refractivity contribution in [3.63, 3.8) is 0 Å². The summed E-state index contributed by atoms with van der Waals surface area (Å²) in [6.07, 6.45) is 1.60. The molecular formula is C20H19F2N3O5S. The first-order chi connectivity index (χ1) is 14.8. The van der Waals surface area contributed by atoms with Gasteiger partial charge in [0.05, 0.1) is 11.9 Å². The summed E-state index contributed by atoms with van der Waals surface area (Å²) in [6, 6.07) is 2.70. The van der Waals surface area contributed by atoms with Gasteiger partial charge in [0.1, 0.15) is 17.2 Å². The first-order valence-electron chi connectivity index (χ1n) is 9.55. The first-order valence-corrected chi connectivity index (χ1v) is 10.6. The summed E-state index contributed by atoms with van der Waals surface area (Å²) < 4.78 is 28.2. The number of aliphatic hydroxyl groups is 1. The number of thioether (sulfide) groups is 1. The lowest BCUT2D eigenvalue weighted by atomic mass is 10.1. The first kappa shape index (κ1) is 21.3. The van der Waals surface area contributed by atoms with Gasteiger partial charge in [0, 0.05) is 42.8 Å². The maximum Gasteiger partial charge on any atom is 0.275 e. The number of rotatable bonds is 5. The summed E-state index contributed by atoms with van der Waals surface area (Å²) >= 11 is 1.52. The molecule has 3 heterocycles. The number of hydrogen-bond donors (Lipinski definition) is 3. The fourth-order valence-corrected chi connectivity index (χ4v) is 5.30. The van der Waals surface area contributed by atoms with E-state index in [-0.39, 0.29) is 47.9 Å². The Bertz CT molecular complexity index is 1120. The van der Waals surface area contributed by atoms with Crippen LogP contribution in [-0.2, 0) is 13.1 Å². The molecule has 0 bridgehead atoms. The van der Waals surface area contributed by atoms with Gasteiger partial charge in [0.25, 0.3) is 11.8 Å². The molecule has 164 valence electrons. The molecule has 1 fully saturated rings. The molecule has 31 heavy (non-hydrogen) atoms. The number of aliphatic hydroxyl groups excluding tert-OH is 1. The zero-order valence-electron chi connectivity index (χ0n) is 16.2. The van der Waals surface area contributed by atoms with E-state index >= 15 is 0 Å². The van der Waals surface area contributed by atoms with Crippen LogP contribution in [0.15, 0.2) is 29.2 Å². The number of hydrogen-bond acceptors (Lipinski definition) is 6. The standard InChI is InChI=1S/C20H19F2N3O5S/c21-11-2-1-10(14(22)5-11)6-23-19(29)13-7-24-8-15-25(12(3-4-26)9-31-15)20(30)16(24)18(28)17(13)27/h1-2,5,7,12,15,26,28H,3-4,6,8-9H2,(H,23,29)/t12-,15?/m1/s1. The molecule has 1 unspecified atom stereocenters. The van der Waals surface area contributed by atoms with Crippen molar-refractivity contribution in [3.05, 3.63) is 63.1 Å². The molecule has 0 spiro atoms. The van der Waals surface area contributed by atoms with Crippen LogP contribution in [0.25, 0.3) is 0 Å². The van der Waals surface area contributed by atoms with Gasteiger partial charge in [-0.3, -0.25) is 14.4 Å². The van der Waals surface area contributed by atoms with Gasteiger partial charge in [-0.2, -0.15) is 0 Å². The van der Waals surface area contributed by atoms with Gasteiger partial charge in [-0.1, -0.05) is 6.07 Å². The SMILES string of the molecule is O=C(NCc1ccc(F)cc1F)c1cn2c(c(O)c1=O)C(=O)N1C(C2)SC[C@H]1CCO. The lowest BCUT2D eigenvalue weighted by molar-refractivity contribution is 0.0594. The van der Waals surface area contributed by atoms with Crippen LogP contribution in [0, 0.1) is 11.6 Å². The normalized spacial score (nSPS) is 19.8. The Morgan fingerprint density at radius 3 is 2.77 bits per heavy atom. The Hall–Kier alpha value is -2.92. The molecule has 2 aromatic rings.